The van der Waals surface area contributed by atoms with E-state index in [-0.39, 0.29) is 30.6 Å². The zero-order valence-corrected chi connectivity index (χ0v) is 19.8. The number of piperidine rings is 1. The van der Waals surface area contributed by atoms with Crippen LogP contribution >= 0.6 is 24.8 Å². The van der Waals surface area contributed by atoms with E-state index in [4.69, 9.17) is 4.74 Å². The maximum Gasteiger partial charge on any atom is 0.127 e. The summed E-state index contributed by atoms with van der Waals surface area (Å²) in [6, 6.07) is 15.6. The van der Waals surface area contributed by atoms with E-state index in [1.807, 2.05) is 18.2 Å². The lowest BCUT2D eigenvalue weighted by molar-refractivity contribution is 0.0822. The van der Waals surface area contributed by atoms with Crippen LogP contribution in [0.4, 0.5) is 4.39 Å². The van der Waals surface area contributed by atoms with Gasteiger partial charge in [-0.2, -0.15) is 0 Å². The lowest BCUT2D eigenvalue weighted by atomic mass is 9.74. The number of nitrogens with zero attached hydrogens (tertiary/aromatic N) is 1. The molecule has 6 heteroatoms. The summed E-state index contributed by atoms with van der Waals surface area (Å²) >= 11 is 0. The number of aryl methyl sites for hydroxylation is 1. The van der Waals surface area contributed by atoms with Crippen molar-refractivity contribution < 1.29 is 9.13 Å². The fourth-order valence-electron chi connectivity index (χ4n) is 4.95. The lowest BCUT2D eigenvalue weighted by Gasteiger charge is -2.42. The molecule has 2 aromatic carbocycles. The van der Waals surface area contributed by atoms with Gasteiger partial charge in [-0.05, 0) is 68.3 Å². The SMILES string of the molecule is Cl.Cl.Fc1ccccc1CN1CCOc2ccccc2CCCCC2(CCNCC2)C1. The van der Waals surface area contributed by atoms with Crippen LogP contribution in [0.3, 0.4) is 0 Å². The molecule has 1 fully saturated rings. The predicted octanol–water partition coefficient (Wildman–Crippen LogP) is 5.65. The van der Waals surface area contributed by atoms with Gasteiger partial charge in [0.25, 0.3) is 0 Å². The molecule has 0 saturated carbocycles. The minimum Gasteiger partial charge on any atom is -0.492 e. The topological polar surface area (TPSA) is 24.5 Å². The van der Waals surface area contributed by atoms with Gasteiger partial charge in [-0.1, -0.05) is 42.8 Å². The van der Waals surface area contributed by atoms with Gasteiger partial charge in [0.1, 0.15) is 18.2 Å². The molecule has 4 rings (SSSR count). The second kappa shape index (κ2) is 12.6. The number of para-hydroxylation sites is 1. The third-order valence-corrected chi connectivity index (χ3v) is 6.62. The monoisotopic (exact) mass is 468 g/mol. The highest BCUT2D eigenvalue weighted by atomic mass is 35.5. The Balaban J connectivity index is 0.00000171. The first kappa shape index (κ1) is 25.9. The van der Waals surface area contributed by atoms with Crippen LogP contribution < -0.4 is 10.1 Å². The van der Waals surface area contributed by atoms with E-state index < -0.39 is 0 Å². The number of benzene rings is 2. The number of hydrogen-bond donors (Lipinski definition) is 1. The van der Waals surface area contributed by atoms with Crippen molar-refractivity contribution in [2.24, 2.45) is 5.41 Å². The summed E-state index contributed by atoms with van der Waals surface area (Å²) in [6.07, 6.45) is 7.19. The minimum absolute atomic E-state index is 0. The number of fused-ring (bicyclic) bond motifs is 1. The molecule has 0 aliphatic carbocycles. The predicted molar refractivity (Wildman–Crippen MR) is 130 cm³/mol. The molecule has 1 N–H and O–H groups in total. The van der Waals surface area contributed by atoms with Crippen molar-refractivity contribution in [3.63, 3.8) is 0 Å². The van der Waals surface area contributed by atoms with Gasteiger partial charge in [0.05, 0.1) is 0 Å². The first-order valence-electron chi connectivity index (χ1n) is 11.1. The van der Waals surface area contributed by atoms with Gasteiger partial charge in [0.2, 0.25) is 0 Å². The molecule has 31 heavy (non-hydrogen) atoms. The molecule has 0 aromatic heterocycles. The molecule has 172 valence electrons. The van der Waals surface area contributed by atoms with Crippen molar-refractivity contribution in [3.8, 4) is 5.75 Å². The quantitative estimate of drug-likeness (QED) is 0.616. The van der Waals surface area contributed by atoms with Crippen LogP contribution in [0.1, 0.15) is 43.2 Å². The molecule has 2 aromatic rings. The summed E-state index contributed by atoms with van der Waals surface area (Å²) in [7, 11) is 0. The Hall–Kier alpha value is -1.33. The highest BCUT2D eigenvalue weighted by molar-refractivity contribution is 5.85. The molecule has 0 radical (unpaired) electrons. The molecular formula is C25H35Cl2FN2O. The molecule has 2 aliphatic rings. The van der Waals surface area contributed by atoms with E-state index in [1.54, 1.807) is 12.1 Å². The van der Waals surface area contributed by atoms with Crippen molar-refractivity contribution in [1.29, 1.82) is 0 Å². The Morgan fingerprint density at radius 1 is 0.935 bits per heavy atom. The second-order valence-electron chi connectivity index (χ2n) is 8.72. The average molecular weight is 469 g/mol. The van der Waals surface area contributed by atoms with E-state index in [1.165, 1.54) is 37.7 Å². The summed E-state index contributed by atoms with van der Waals surface area (Å²) in [5, 5.41) is 3.53. The Labute approximate surface area is 198 Å². The fraction of sp³-hybridized carbons (Fsp3) is 0.520. The van der Waals surface area contributed by atoms with E-state index >= 15 is 0 Å². The molecule has 0 bridgehead atoms. The van der Waals surface area contributed by atoms with Gasteiger partial charge in [-0.3, -0.25) is 4.90 Å². The molecule has 1 spiro atoms. The van der Waals surface area contributed by atoms with Gasteiger partial charge >= 0.3 is 0 Å². The third kappa shape index (κ3) is 7.08. The molecular weight excluding hydrogens is 434 g/mol. The van der Waals surface area contributed by atoms with Crippen LogP contribution in [0.2, 0.25) is 0 Å². The minimum atomic E-state index is -0.107. The van der Waals surface area contributed by atoms with Gasteiger partial charge in [0, 0.05) is 25.2 Å². The molecule has 2 aliphatic heterocycles. The summed E-state index contributed by atoms with van der Waals surface area (Å²) in [5.41, 5.74) is 2.42. The number of nitrogens with one attached hydrogen (secondary N) is 1. The molecule has 0 atom stereocenters. The number of halogens is 3. The Kier molecular flexibility index (Phi) is 10.6. The number of rotatable bonds is 2. The van der Waals surface area contributed by atoms with Crippen molar-refractivity contribution in [2.45, 2.75) is 45.1 Å². The smallest absolute Gasteiger partial charge is 0.127 e. The first-order valence-corrected chi connectivity index (χ1v) is 11.1. The maximum atomic E-state index is 14.4. The second-order valence-corrected chi connectivity index (χ2v) is 8.72. The summed E-state index contributed by atoms with van der Waals surface area (Å²) < 4.78 is 20.5. The molecule has 0 unspecified atom stereocenters. The van der Waals surface area contributed by atoms with Gasteiger partial charge in [0.15, 0.2) is 0 Å². The van der Waals surface area contributed by atoms with Gasteiger partial charge in [-0.25, -0.2) is 4.39 Å². The molecule has 2 heterocycles. The maximum absolute atomic E-state index is 14.4. The van der Waals surface area contributed by atoms with Crippen LogP contribution in [0.15, 0.2) is 48.5 Å². The van der Waals surface area contributed by atoms with Crippen LogP contribution in [0.25, 0.3) is 0 Å². The first-order chi connectivity index (χ1) is 14.2. The number of hydrogen-bond acceptors (Lipinski definition) is 3. The van der Waals surface area contributed by atoms with E-state index in [2.05, 4.69) is 28.4 Å². The van der Waals surface area contributed by atoms with Crippen LogP contribution in [0, 0.1) is 11.2 Å². The lowest BCUT2D eigenvalue weighted by Crippen LogP contribution is -2.45. The molecule has 0 amide bonds. The van der Waals surface area contributed by atoms with Crippen molar-refractivity contribution in [3.05, 3.63) is 65.5 Å². The van der Waals surface area contributed by atoms with Crippen molar-refractivity contribution in [2.75, 3.05) is 32.8 Å². The Morgan fingerprint density at radius 2 is 1.68 bits per heavy atom. The third-order valence-electron chi connectivity index (χ3n) is 6.62. The molecule has 3 nitrogen and oxygen atoms in total. The molecule has 1 saturated heterocycles. The average Bonchev–Trinajstić information content (AvgIpc) is 2.74. The zero-order chi connectivity index (χ0) is 19.9. The highest BCUT2D eigenvalue weighted by Gasteiger charge is 2.33. The van der Waals surface area contributed by atoms with Crippen LogP contribution in [0.5, 0.6) is 5.75 Å². The Morgan fingerprint density at radius 3 is 2.48 bits per heavy atom. The Bertz CT molecular complexity index is 799. The standard InChI is InChI=1S/C25H33FN2O.2ClH/c26-23-10-3-1-9-22(23)19-28-17-18-29-24-11-4-2-7-21(24)8-5-6-12-25(20-28)13-15-27-16-14-25;;/h1-4,7,9-11,27H,5-6,8,12-20H2;2*1H. The normalized spacial score (nSPS) is 19.5. The van der Waals surface area contributed by atoms with Crippen LogP contribution in [-0.4, -0.2) is 37.7 Å². The van der Waals surface area contributed by atoms with Crippen LogP contribution in [-0.2, 0) is 13.0 Å². The summed E-state index contributed by atoms with van der Waals surface area (Å²) in [4.78, 5) is 2.42. The summed E-state index contributed by atoms with van der Waals surface area (Å²) in [6.45, 7) is 5.30. The van der Waals surface area contributed by atoms with Gasteiger partial charge in [-0.15, -0.1) is 24.8 Å². The van der Waals surface area contributed by atoms with Crippen molar-refractivity contribution >= 4 is 24.8 Å². The zero-order valence-electron chi connectivity index (χ0n) is 18.2. The van der Waals surface area contributed by atoms with E-state index in [9.17, 15) is 4.39 Å². The van der Waals surface area contributed by atoms with E-state index in [0.717, 1.165) is 43.9 Å². The van der Waals surface area contributed by atoms with Crippen molar-refractivity contribution in [1.82, 2.24) is 10.2 Å². The largest absolute Gasteiger partial charge is 0.492 e. The van der Waals surface area contributed by atoms with E-state index in [0.29, 0.717) is 18.6 Å². The van der Waals surface area contributed by atoms with Gasteiger partial charge < -0.3 is 10.1 Å². The number of ether oxygens (including phenoxy) is 1. The highest BCUT2D eigenvalue weighted by Crippen LogP contribution is 2.36. The summed E-state index contributed by atoms with van der Waals surface area (Å²) in [5.74, 6) is 0.903. The fourth-order valence-corrected chi connectivity index (χ4v) is 4.95.